The van der Waals surface area contributed by atoms with Gasteiger partial charge in [0.2, 0.25) is 5.91 Å². The molecule has 0 aliphatic carbocycles. The van der Waals surface area contributed by atoms with Crippen molar-refractivity contribution in [2.24, 2.45) is 0 Å². The van der Waals surface area contributed by atoms with Gasteiger partial charge < -0.3 is 9.80 Å². The standard InChI is InChI=1S/C17H20ClN3O2S/c1-4-21(5-2)15(22)10-20(3)17(23)14-11-24-16(19-14)12-7-6-8-13(18)9-12/h6-9,11H,4-5,10H2,1-3H3. The lowest BCUT2D eigenvalue weighted by molar-refractivity contribution is -0.131. The van der Waals surface area contributed by atoms with Crippen LogP contribution in [-0.4, -0.2) is 53.3 Å². The number of halogens is 1. The van der Waals surface area contributed by atoms with Crippen LogP contribution < -0.4 is 0 Å². The fourth-order valence-corrected chi connectivity index (χ4v) is 3.25. The third kappa shape index (κ3) is 4.33. The smallest absolute Gasteiger partial charge is 0.273 e. The molecular formula is C17H20ClN3O2S. The van der Waals surface area contributed by atoms with Crippen molar-refractivity contribution in [2.75, 3.05) is 26.7 Å². The Morgan fingerprint density at radius 1 is 1.25 bits per heavy atom. The van der Waals surface area contributed by atoms with Gasteiger partial charge in [0, 0.05) is 36.1 Å². The zero-order chi connectivity index (χ0) is 17.7. The third-order valence-electron chi connectivity index (χ3n) is 3.63. The first-order valence-electron chi connectivity index (χ1n) is 7.71. The van der Waals surface area contributed by atoms with Crippen LogP contribution >= 0.6 is 22.9 Å². The normalized spacial score (nSPS) is 10.5. The van der Waals surface area contributed by atoms with E-state index < -0.39 is 0 Å². The number of benzene rings is 1. The summed E-state index contributed by atoms with van der Waals surface area (Å²) < 4.78 is 0. The van der Waals surface area contributed by atoms with E-state index in [0.29, 0.717) is 23.8 Å². The maximum atomic E-state index is 12.5. The first-order valence-corrected chi connectivity index (χ1v) is 8.96. The van der Waals surface area contributed by atoms with Crippen molar-refractivity contribution in [1.29, 1.82) is 0 Å². The molecule has 0 saturated carbocycles. The molecule has 1 aromatic carbocycles. The van der Waals surface area contributed by atoms with E-state index in [9.17, 15) is 9.59 Å². The topological polar surface area (TPSA) is 53.5 Å². The van der Waals surface area contributed by atoms with Crippen LogP contribution in [0.2, 0.25) is 5.02 Å². The second kappa shape index (κ2) is 8.26. The van der Waals surface area contributed by atoms with Crippen LogP contribution in [0.25, 0.3) is 10.6 Å². The largest absolute Gasteiger partial charge is 0.342 e. The monoisotopic (exact) mass is 365 g/mol. The van der Waals surface area contributed by atoms with E-state index in [1.807, 2.05) is 32.0 Å². The fourth-order valence-electron chi connectivity index (χ4n) is 2.27. The molecule has 2 amide bonds. The number of carbonyl (C=O) groups is 2. The van der Waals surface area contributed by atoms with Crippen molar-refractivity contribution in [1.82, 2.24) is 14.8 Å². The molecule has 0 unspecified atom stereocenters. The van der Waals surface area contributed by atoms with Gasteiger partial charge in [0.1, 0.15) is 10.7 Å². The molecule has 0 aliphatic heterocycles. The Hall–Kier alpha value is -1.92. The Labute approximate surface area is 150 Å². The lowest BCUT2D eigenvalue weighted by atomic mass is 10.2. The molecule has 2 aromatic rings. The summed E-state index contributed by atoms with van der Waals surface area (Å²) in [5, 5.41) is 3.05. The number of rotatable bonds is 6. The fraction of sp³-hybridized carbons (Fsp3) is 0.353. The molecule has 5 nitrogen and oxygen atoms in total. The minimum absolute atomic E-state index is 0.0462. The molecule has 0 radical (unpaired) electrons. The van der Waals surface area contributed by atoms with Crippen molar-refractivity contribution in [3.63, 3.8) is 0 Å². The predicted molar refractivity (Wildman–Crippen MR) is 97.4 cm³/mol. The van der Waals surface area contributed by atoms with Gasteiger partial charge in [-0.2, -0.15) is 0 Å². The molecular weight excluding hydrogens is 346 g/mol. The lowest BCUT2D eigenvalue weighted by Gasteiger charge is -2.22. The summed E-state index contributed by atoms with van der Waals surface area (Å²) in [6.45, 7) is 5.15. The highest BCUT2D eigenvalue weighted by Gasteiger charge is 2.20. The van der Waals surface area contributed by atoms with Crippen LogP contribution in [-0.2, 0) is 4.79 Å². The van der Waals surface area contributed by atoms with E-state index in [1.54, 1.807) is 23.4 Å². The van der Waals surface area contributed by atoms with Gasteiger partial charge in [0.25, 0.3) is 5.91 Å². The van der Waals surface area contributed by atoms with Gasteiger partial charge in [-0.3, -0.25) is 9.59 Å². The summed E-state index contributed by atoms with van der Waals surface area (Å²) in [4.78, 5) is 32.1. The number of hydrogen-bond donors (Lipinski definition) is 0. The molecule has 0 saturated heterocycles. The Kier molecular flexibility index (Phi) is 6.34. The van der Waals surface area contributed by atoms with Gasteiger partial charge in [-0.15, -0.1) is 11.3 Å². The molecule has 0 spiro atoms. The zero-order valence-electron chi connectivity index (χ0n) is 14.0. The molecule has 0 atom stereocenters. The summed E-state index contributed by atoms with van der Waals surface area (Å²) in [7, 11) is 1.61. The summed E-state index contributed by atoms with van der Waals surface area (Å²) in [6.07, 6.45) is 0. The van der Waals surface area contributed by atoms with Crippen LogP contribution in [0, 0.1) is 0 Å². The number of carbonyl (C=O) groups excluding carboxylic acids is 2. The molecule has 0 fully saturated rings. The summed E-state index contributed by atoms with van der Waals surface area (Å²) in [6, 6.07) is 7.33. The Morgan fingerprint density at radius 2 is 1.96 bits per heavy atom. The van der Waals surface area contributed by atoms with Crippen LogP contribution in [0.1, 0.15) is 24.3 Å². The van der Waals surface area contributed by atoms with Crippen LogP contribution in [0.4, 0.5) is 0 Å². The van der Waals surface area contributed by atoms with Crippen LogP contribution in [0.5, 0.6) is 0 Å². The van der Waals surface area contributed by atoms with Gasteiger partial charge in [-0.1, -0.05) is 23.7 Å². The molecule has 1 heterocycles. The highest BCUT2D eigenvalue weighted by atomic mass is 35.5. The quantitative estimate of drug-likeness (QED) is 0.788. The number of hydrogen-bond acceptors (Lipinski definition) is 4. The average Bonchev–Trinajstić information content (AvgIpc) is 3.05. The molecule has 1 aromatic heterocycles. The van der Waals surface area contributed by atoms with E-state index in [1.165, 1.54) is 16.2 Å². The Balaban J connectivity index is 2.09. The van der Waals surface area contributed by atoms with E-state index >= 15 is 0 Å². The number of amides is 2. The van der Waals surface area contributed by atoms with E-state index in [2.05, 4.69) is 4.98 Å². The molecule has 0 N–H and O–H groups in total. The third-order valence-corrected chi connectivity index (χ3v) is 4.76. The number of aromatic nitrogens is 1. The van der Waals surface area contributed by atoms with Crippen molar-refractivity contribution >= 4 is 34.8 Å². The molecule has 2 rings (SSSR count). The first-order chi connectivity index (χ1) is 11.5. The van der Waals surface area contributed by atoms with Gasteiger partial charge in [0.05, 0.1) is 6.54 Å². The second-order valence-electron chi connectivity index (χ2n) is 5.28. The number of likely N-dealkylation sites (N-methyl/N-ethyl adjacent to an activating group) is 2. The van der Waals surface area contributed by atoms with Crippen LogP contribution in [0.15, 0.2) is 29.6 Å². The van der Waals surface area contributed by atoms with Gasteiger partial charge in [0.15, 0.2) is 0 Å². The van der Waals surface area contributed by atoms with Gasteiger partial charge >= 0.3 is 0 Å². The Bertz CT molecular complexity index is 728. The maximum Gasteiger partial charge on any atom is 0.273 e. The highest BCUT2D eigenvalue weighted by molar-refractivity contribution is 7.13. The van der Waals surface area contributed by atoms with Gasteiger partial charge in [-0.05, 0) is 26.0 Å². The summed E-state index contributed by atoms with van der Waals surface area (Å²) in [5.41, 5.74) is 1.21. The number of thiazole rings is 1. The van der Waals surface area contributed by atoms with Crippen molar-refractivity contribution in [2.45, 2.75) is 13.8 Å². The van der Waals surface area contributed by atoms with Crippen molar-refractivity contribution in [3.05, 3.63) is 40.4 Å². The van der Waals surface area contributed by atoms with E-state index in [0.717, 1.165) is 10.6 Å². The minimum atomic E-state index is -0.264. The van der Waals surface area contributed by atoms with Crippen LogP contribution in [0.3, 0.4) is 0 Å². The van der Waals surface area contributed by atoms with Crippen molar-refractivity contribution < 1.29 is 9.59 Å². The average molecular weight is 366 g/mol. The molecule has 7 heteroatoms. The predicted octanol–water partition coefficient (Wildman–Crippen LogP) is 3.40. The molecule has 128 valence electrons. The van der Waals surface area contributed by atoms with E-state index in [-0.39, 0.29) is 18.4 Å². The lowest BCUT2D eigenvalue weighted by Crippen LogP contribution is -2.41. The Morgan fingerprint density at radius 3 is 2.58 bits per heavy atom. The minimum Gasteiger partial charge on any atom is -0.342 e. The second-order valence-corrected chi connectivity index (χ2v) is 6.57. The molecule has 0 bridgehead atoms. The van der Waals surface area contributed by atoms with Crippen molar-refractivity contribution in [3.8, 4) is 10.6 Å². The molecule has 0 aliphatic rings. The zero-order valence-corrected chi connectivity index (χ0v) is 15.5. The van der Waals surface area contributed by atoms with Gasteiger partial charge in [-0.25, -0.2) is 4.98 Å². The van der Waals surface area contributed by atoms with E-state index in [4.69, 9.17) is 11.6 Å². The SMILES string of the molecule is CCN(CC)C(=O)CN(C)C(=O)c1csc(-c2cccc(Cl)c2)n1. The highest BCUT2D eigenvalue weighted by Crippen LogP contribution is 2.26. The maximum absolute atomic E-state index is 12.5. The first kappa shape index (κ1) is 18.4. The number of nitrogens with zero attached hydrogens (tertiary/aromatic N) is 3. The summed E-state index contributed by atoms with van der Waals surface area (Å²) in [5.74, 6) is -0.332. The summed E-state index contributed by atoms with van der Waals surface area (Å²) >= 11 is 7.37. The molecule has 24 heavy (non-hydrogen) atoms.